The molecule has 1 atom stereocenters. The fourth-order valence-electron chi connectivity index (χ4n) is 3.13. The van der Waals surface area contributed by atoms with Crippen molar-refractivity contribution < 1.29 is 14.7 Å². The number of rotatable bonds is 4. The third kappa shape index (κ3) is 3.29. The molecule has 0 aromatic heterocycles. The third-order valence-corrected chi connectivity index (χ3v) is 4.45. The quantitative estimate of drug-likeness (QED) is 0.386. The van der Waals surface area contributed by atoms with Gasteiger partial charge in [0.05, 0.1) is 12.2 Å². The van der Waals surface area contributed by atoms with Gasteiger partial charge in [-0.2, -0.15) is 0 Å². The molecule has 1 unspecified atom stereocenters. The van der Waals surface area contributed by atoms with E-state index in [1.54, 1.807) is 0 Å². The van der Waals surface area contributed by atoms with Crippen molar-refractivity contribution in [3.05, 3.63) is 29.8 Å². The van der Waals surface area contributed by atoms with Crippen LogP contribution in [0.2, 0.25) is 0 Å². The second kappa shape index (κ2) is 5.93. The molecule has 114 valence electrons. The zero-order chi connectivity index (χ0) is 14.7. The Morgan fingerprint density at radius 2 is 2.14 bits per heavy atom. The summed E-state index contributed by atoms with van der Waals surface area (Å²) < 4.78 is 12.0. The predicted octanol–water partition coefficient (Wildman–Crippen LogP) is 2.46. The van der Waals surface area contributed by atoms with Crippen LogP contribution in [-0.4, -0.2) is 29.4 Å². The molecular formula is C16H22N2O3. The molecule has 3 rings (SSSR count). The van der Waals surface area contributed by atoms with Crippen molar-refractivity contribution in [1.29, 1.82) is 0 Å². The minimum Gasteiger partial charge on any atom is -0.490 e. The SMILES string of the molecule is N/C(Cc1ccc(OC2CCOC3(CCC3)C2)cc1)=N/O. The Morgan fingerprint density at radius 3 is 2.76 bits per heavy atom. The van der Waals surface area contributed by atoms with Gasteiger partial charge in [0.2, 0.25) is 0 Å². The van der Waals surface area contributed by atoms with Crippen LogP contribution in [0.3, 0.4) is 0 Å². The van der Waals surface area contributed by atoms with Gasteiger partial charge >= 0.3 is 0 Å². The zero-order valence-electron chi connectivity index (χ0n) is 12.1. The van der Waals surface area contributed by atoms with Crippen molar-refractivity contribution in [3.8, 4) is 5.75 Å². The highest BCUT2D eigenvalue weighted by atomic mass is 16.5. The lowest BCUT2D eigenvalue weighted by Gasteiger charge is -2.46. The maximum atomic E-state index is 8.57. The molecule has 5 heteroatoms. The molecule has 1 aliphatic carbocycles. The van der Waals surface area contributed by atoms with E-state index in [1.807, 2.05) is 24.3 Å². The highest BCUT2D eigenvalue weighted by molar-refractivity contribution is 5.82. The van der Waals surface area contributed by atoms with E-state index in [2.05, 4.69) is 5.16 Å². The van der Waals surface area contributed by atoms with E-state index in [0.29, 0.717) is 6.42 Å². The summed E-state index contributed by atoms with van der Waals surface area (Å²) >= 11 is 0. The van der Waals surface area contributed by atoms with Crippen LogP contribution in [-0.2, 0) is 11.2 Å². The van der Waals surface area contributed by atoms with Crippen molar-refractivity contribution in [2.75, 3.05) is 6.61 Å². The van der Waals surface area contributed by atoms with Crippen LogP contribution >= 0.6 is 0 Å². The number of amidine groups is 1. The molecule has 0 radical (unpaired) electrons. The number of benzene rings is 1. The lowest BCUT2D eigenvalue weighted by atomic mass is 9.74. The summed E-state index contributed by atoms with van der Waals surface area (Å²) in [5, 5.41) is 11.6. The lowest BCUT2D eigenvalue weighted by molar-refractivity contribution is -0.153. The molecule has 2 aliphatic rings. The average molecular weight is 290 g/mol. The number of nitrogens with two attached hydrogens (primary N) is 1. The van der Waals surface area contributed by atoms with Gasteiger partial charge in [0.1, 0.15) is 17.7 Å². The minimum atomic E-state index is 0.106. The number of nitrogens with zero attached hydrogens (tertiary/aromatic N) is 1. The van der Waals surface area contributed by atoms with Gasteiger partial charge < -0.3 is 20.4 Å². The fourth-order valence-corrected chi connectivity index (χ4v) is 3.13. The minimum absolute atomic E-state index is 0.106. The molecule has 1 heterocycles. The monoisotopic (exact) mass is 290 g/mol. The molecule has 5 nitrogen and oxygen atoms in total. The van der Waals surface area contributed by atoms with E-state index >= 15 is 0 Å². The summed E-state index contributed by atoms with van der Waals surface area (Å²) in [4.78, 5) is 0. The molecule has 0 bridgehead atoms. The van der Waals surface area contributed by atoms with Gasteiger partial charge in [-0.1, -0.05) is 17.3 Å². The standard InChI is InChI=1S/C16H22N2O3/c17-15(18-19)10-12-2-4-13(5-3-12)21-14-6-9-20-16(11-14)7-1-8-16/h2-5,14,19H,1,6-11H2,(H2,17,18). The normalized spacial score (nSPS) is 24.6. The van der Waals surface area contributed by atoms with Crippen LogP contribution in [0.4, 0.5) is 0 Å². The maximum Gasteiger partial charge on any atom is 0.143 e. The van der Waals surface area contributed by atoms with Gasteiger partial charge in [0, 0.05) is 19.3 Å². The van der Waals surface area contributed by atoms with Crippen LogP contribution in [0.25, 0.3) is 0 Å². The van der Waals surface area contributed by atoms with Crippen LogP contribution in [0, 0.1) is 0 Å². The third-order valence-electron chi connectivity index (χ3n) is 4.45. The smallest absolute Gasteiger partial charge is 0.143 e. The summed E-state index contributed by atoms with van der Waals surface area (Å²) in [5.41, 5.74) is 6.61. The summed E-state index contributed by atoms with van der Waals surface area (Å²) in [6.07, 6.45) is 6.25. The largest absolute Gasteiger partial charge is 0.490 e. The lowest BCUT2D eigenvalue weighted by Crippen LogP contribution is -2.48. The van der Waals surface area contributed by atoms with Crippen LogP contribution in [0.5, 0.6) is 5.75 Å². The first-order valence-electron chi connectivity index (χ1n) is 7.55. The molecule has 1 aliphatic heterocycles. The van der Waals surface area contributed by atoms with E-state index < -0.39 is 0 Å². The average Bonchev–Trinajstić information content (AvgIpc) is 2.48. The fraction of sp³-hybridized carbons (Fsp3) is 0.562. The van der Waals surface area contributed by atoms with Crippen molar-refractivity contribution in [2.45, 2.75) is 50.2 Å². The van der Waals surface area contributed by atoms with E-state index in [9.17, 15) is 0 Å². The molecule has 21 heavy (non-hydrogen) atoms. The summed E-state index contributed by atoms with van der Waals surface area (Å²) in [5.74, 6) is 1.08. The summed E-state index contributed by atoms with van der Waals surface area (Å²) in [7, 11) is 0. The maximum absolute atomic E-state index is 8.57. The summed E-state index contributed by atoms with van der Waals surface area (Å²) in [6, 6.07) is 7.80. The van der Waals surface area contributed by atoms with Crippen molar-refractivity contribution in [3.63, 3.8) is 0 Å². The number of hydrogen-bond acceptors (Lipinski definition) is 4. The molecule has 1 aromatic rings. The van der Waals surface area contributed by atoms with E-state index in [0.717, 1.165) is 30.8 Å². The van der Waals surface area contributed by atoms with Crippen LogP contribution in [0.15, 0.2) is 29.4 Å². The first-order valence-corrected chi connectivity index (χ1v) is 7.55. The second-order valence-electron chi connectivity index (χ2n) is 6.03. The molecule has 0 amide bonds. The van der Waals surface area contributed by atoms with Crippen LogP contribution in [0.1, 0.15) is 37.7 Å². The van der Waals surface area contributed by atoms with E-state index in [-0.39, 0.29) is 17.5 Å². The number of ether oxygens (including phenoxy) is 2. The second-order valence-corrected chi connectivity index (χ2v) is 6.03. The predicted molar refractivity (Wildman–Crippen MR) is 79.7 cm³/mol. The number of hydrogen-bond donors (Lipinski definition) is 2. The Balaban J connectivity index is 1.57. The van der Waals surface area contributed by atoms with Gasteiger partial charge in [-0.15, -0.1) is 0 Å². The summed E-state index contributed by atoms with van der Waals surface area (Å²) in [6.45, 7) is 0.798. The molecule has 1 saturated heterocycles. The van der Waals surface area contributed by atoms with E-state index in [1.165, 1.54) is 19.3 Å². The Bertz CT molecular complexity index is 509. The Hall–Kier alpha value is -1.75. The first-order chi connectivity index (χ1) is 10.2. The highest BCUT2D eigenvalue weighted by Crippen LogP contribution is 2.43. The van der Waals surface area contributed by atoms with Gasteiger partial charge in [0.25, 0.3) is 0 Å². The molecular weight excluding hydrogens is 268 g/mol. The zero-order valence-corrected chi connectivity index (χ0v) is 12.1. The van der Waals surface area contributed by atoms with Gasteiger partial charge in [-0.25, -0.2) is 0 Å². The molecule has 2 fully saturated rings. The topological polar surface area (TPSA) is 77.1 Å². The molecule has 3 N–H and O–H groups in total. The Kier molecular flexibility index (Phi) is 4.01. The van der Waals surface area contributed by atoms with Crippen LogP contribution < -0.4 is 10.5 Å². The molecule has 1 aromatic carbocycles. The highest BCUT2D eigenvalue weighted by Gasteiger charge is 2.43. The molecule has 1 saturated carbocycles. The van der Waals surface area contributed by atoms with Gasteiger partial charge in [-0.3, -0.25) is 0 Å². The van der Waals surface area contributed by atoms with Gasteiger partial charge in [0.15, 0.2) is 0 Å². The van der Waals surface area contributed by atoms with Crippen molar-refractivity contribution in [2.24, 2.45) is 10.9 Å². The molecule has 1 spiro atoms. The Labute approximate surface area is 124 Å². The van der Waals surface area contributed by atoms with E-state index in [4.69, 9.17) is 20.4 Å². The number of oxime groups is 1. The van der Waals surface area contributed by atoms with Gasteiger partial charge in [-0.05, 0) is 37.0 Å². The first kappa shape index (κ1) is 14.2. The van der Waals surface area contributed by atoms with Crippen molar-refractivity contribution in [1.82, 2.24) is 0 Å². The Morgan fingerprint density at radius 1 is 1.38 bits per heavy atom. The van der Waals surface area contributed by atoms with Crippen molar-refractivity contribution >= 4 is 5.84 Å².